The highest BCUT2D eigenvalue weighted by molar-refractivity contribution is 7.47. The Morgan fingerprint density at radius 2 is 1.06 bits per heavy atom. The summed E-state index contributed by atoms with van der Waals surface area (Å²) >= 11 is 0. The molecular weight excluding hydrogens is 665 g/mol. The van der Waals surface area contributed by atoms with Gasteiger partial charge in [-0.25, -0.2) is 4.57 Å². The monoisotopic (exact) mass is 745 g/mol. The number of nitrogens with zero attached hydrogens (tertiary/aromatic N) is 1. The van der Waals surface area contributed by atoms with Crippen molar-refractivity contribution < 1.29 is 42.1 Å². The summed E-state index contributed by atoms with van der Waals surface area (Å²) < 4.78 is 34.1. The molecule has 0 aliphatic rings. The van der Waals surface area contributed by atoms with E-state index in [2.05, 4.69) is 38.2 Å². The van der Waals surface area contributed by atoms with Crippen molar-refractivity contribution >= 4 is 19.8 Å². The maximum absolute atomic E-state index is 12.6. The number of unbranched alkanes of at least 4 members (excludes halogenated alkanes) is 19. The van der Waals surface area contributed by atoms with E-state index in [9.17, 15) is 19.0 Å². The normalized spacial score (nSPS) is 13.9. The van der Waals surface area contributed by atoms with Gasteiger partial charge in [0.25, 0.3) is 0 Å². The van der Waals surface area contributed by atoms with Crippen LogP contribution in [-0.2, 0) is 32.7 Å². The Morgan fingerprint density at radius 1 is 0.608 bits per heavy atom. The Hall–Kier alpha value is -1.51. The molecule has 0 saturated heterocycles. The minimum absolute atomic E-state index is 0.0325. The minimum Gasteiger partial charge on any atom is -0.462 e. The molecule has 0 saturated carbocycles. The molecular formula is C41H79NO8P+. The fraction of sp³-hybridized carbons (Fsp3) is 0.854. The number of rotatable bonds is 37. The van der Waals surface area contributed by atoms with Gasteiger partial charge < -0.3 is 18.9 Å². The Balaban J connectivity index is 4.26. The van der Waals surface area contributed by atoms with Crippen molar-refractivity contribution in [1.82, 2.24) is 0 Å². The maximum Gasteiger partial charge on any atom is 0.472 e. The Bertz CT molecular complexity index is 933. The van der Waals surface area contributed by atoms with Crippen molar-refractivity contribution in [3.8, 4) is 0 Å². The Morgan fingerprint density at radius 3 is 1.59 bits per heavy atom. The fourth-order valence-electron chi connectivity index (χ4n) is 5.45. The first-order valence-corrected chi connectivity index (χ1v) is 22.1. The number of ether oxygens (including phenoxy) is 2. The SMILES string of the molecule is CCCCC/C=C/C/C=C/CCCCCCCCCCCC(=O)OC[C@@H](COP(=O)(O)OCC[N+](C)(C)C)OC(=O)CCCCCCCCCC. The number of carbonyl (C=O) groups excluding carboxylic acids is 2. The maximum atomic E-state index is 12.6. The summed E-state index contributed by atoms with van der Waals surface area (Å²) in [7, 11) is 1.48. The van der Waals surface area contributed by atoms with Gasteiger partial charge in [-0.3, -0.25) is 18.6 Å². The summed E-state index contributed by atoms with van der Waals surface area (Å²) in [6.45, 7) is 4.35. The van der Waals surface area contributed by atoms with Crippen LogP contribution in [-0.4, -0.2) is 74.9 Å². The zero-order valence-electron chi connectivity index (χ0n) is 33.6. The van der Waals surface area contributed by atoms with Crippen LogP contribution in [0.2, 0.25) is 0 Å². The average molecular weight is 745 g/mol. The lowest BCUT2D eigenvalue weighted by Gasteiger charge is -2.24. The van der Waals surface area contributed by atoms with Gasteiger partial charge in [0.1, 0.15) is 19.8 Å². The molecule has 0 heterocycles. The van der Waals surface area contributed by atoms with Crippen LogP contribution in [0.4, 0.5) is 0 Å². The molecule has 0 aromatic heterocycles. The van der Waals surface area contributed by atoms with E-state index in [4.69, 9.17) is 18.5 Å². The van der Waals surface area contributed by atoms with E-state index >= 15 is 0 Å². The van der Waals surface area contributed by atoms with Gasteiger partial charge in [0.15, 0.2) is 6.10 Å². The highest BCUT2D eigenvalue weighted by atomic mass is 31.2. The first-order valence-electron chi connectivity index (χ1n) is 20.6. The van der Waals surface area contributed by atoms with E-state index in [-0.39, 0.29) is 32.0 Å². The highest BCUT2D eigenvalue weighted by Gasteiger charge is 2.27. The number of allylic oxidation sites excluding steroid dienone is 4. The molecule has 0 bridgehead atoms. The minimum atomic E-state index is -4.36. The third kappa shape index (κ3) is 38.0. The van der Waals surface area contributed by atoms with E-state index in [0.717, 1.165) is 44.9 Å². The van der Waals surface area contributed by atoms with Crippen LogP contribution < -0.4 is 0 Å². The average Bonchev–Trinajstić information content (AvgIpc) is 3.07. The Labute approximate surface area is 313 Å². The molecule has 51 heavy (non-hydrogen) atoms. The summed E-state index contributed by atoms with van der Waals surface area (Å²) in [4.78, 5) is 35.1. The van der Waals surface area contributed by atoms with Gasteiger partial charge in [-0.1, -0.05) is 141 Å². The molecule has 2 atom stereocenters. The molecule has 0 aliphatic carbocycles. The van der Waals surface area contributed by atoms with Crippen molar-refractivity contribution in [3.05, 3.63) is 24.3 Å². The number of phosphoric ester groups is 1. The van der Waals surface area contributed by atoms with Crippen LogP contribution in [0.25, 0.3) is 0 Å². The number of carbonyl (C=O) groups is 2. The molecule has 1 unspecified atom stereocenters. The zero-order valence-corrected chi connectivity index (χ0v) is 34.5. The third-order valence-corrected chi connectivity index (χ3v) is 9.72. The van der Waals surface area contributed by atoms with Gasteiger partial charge in [0.05, 0.1) is 27.7 Å². The van der Waals surface area contributed by atoms with Crippen LogP contribution in [0.15, 0.2) is 24.3 Å². The molecule has 300 valence electrons. The van der Waals surface area contributed by atoms with Crippen molar-refractivity contribution in [2.75, 3.05) is 47.5 Å². The first-order chi connectivity index (χ1) is 24.5. The second-order valence-electron chi connectivity index (χ2n) is 15.0. The van der Waals surface area contributed by atoms with Gasteiger partial charge in [0.2, 0.25) is 0 Å². The molecule has 0 spiro atoms. The lowest BCUT2D eigenvalue weighted by atomic mass is 10.1. The lowest BCUT2D eigenvalue weighted by molar-refractivity contribution is -0.870. The van der Waals surface area contributed by atoms with Gasteiger partial charge in [0, 0.05) is 12.8 Å². The van der Waals surface area contributed by atoms with Gasteiger partial charge in [-0.2, -0.15) is 0 Å². The van der Waals surface area contributed by atoms with Crippen LogP contribution in [0.3, 0.4) is 0 Å². The molecule has 0 rings (SSSR count). The second kappa shape index (κ2) is 34.3. The fourth-order valence-corrected chi connectivity index (χ4v) is 6.20. The van der Waals surface area contributed by atoms with Crippen LogP contribution >= 0.6 is 7.82 Å². The van der Waals surface area contributed by atoms with E-state index in [1.165, 1.54) is 96.3 Å². The zero-order chi connectivity index (χ0) is 37.9. The Kier molecular flexibility index (Phi) is 33.3. The molecule has 0 aromatic carbocycles. The lowest BCUT2D eigenvalue weighted by Crippen LogP contribution is -2.37. The topological polar surface area (TPSA) is 108 Å². The molecule has 10 heteroatoms. The van der Waals surface area contributed by atoms with Gasteiger partial charge in [-0.15, -0.1) is 0 Å². The predicted octanol–water partition coefficient (Wildman–Crippen LogP) is 11.2. The van der Waals surface area contributed by atoms with Crippen molar-refractivity contribution in [3.63, 3.8) is 0 Å². The van der Waals surface area contributed by atoms with Crippen molar-refractivity contribution in [2.24, 2.45) is 0 Å². The molecule has 0 aliphatic heterocycles. The predicted molar refractivity (Wildman–Crippen MR) is 211 cm³/mol. The van der Waals surface area contributed by atoms with Gasteiger partial charge in [-0.05, 0) is 44.9 Å². The van der Waals surface area contributed by atoms with Crippen molar-refractivity contribution in [1.29, 1.82) is 0 Å². The molecule has 0 aromatic rings. The standard InChI is InChI=1S/C41H78NO8P/c1-6-8-10-12-14-16-17-18-19-20-21-22-23-24-25-26-28-29-31-33-40(43)47-37-39(38-49-51(45,46)48-36-35-42(3,4)5)50-41(44)34-32-30-27-15-13-11-9-7-2/h14,16,18-19,39H,6-13,15,17,20-38H2,1-5H3/p+1/b16-14+,19-18+/t39-/m0/s1. The first kappa shape index (κ1) is 49.5. The van der Waals surface area contributed by atoms with E-state index in [1.807, 2.05) is 21.1 Å². The summed E-state index contributed by atoms with van der Waals surface area (Å²) in [5.74, 6) is -0.805. The summed E-state index contributed by atoms with van der Waals surface area (Å²) in [6, 6.07) is 0. The largest absolute Gasteiger partial charge is 0.472 e. The quantitative estimate of drug-likeness (QED) is 0.0220. The van der Waals surface area contributed by atoms with Crippen LogP contribution in [0.1, 0.15) is 174 Å². The van der Waals surface area contributed by atoms with Gasteiger partial charge >= 0.3 is 19.8 Å². The molecule has 9 nitrogen and oxygen atoms in total. The molecule has 1 N–H and O–H groups in total. The van der Waals surface area contributed by atoms with Crippen molar-refractivity contribution in [2.45, 2.75) is 180 Å². The van der Waals surface area contributed by atoms with E-state index in [1.54, 1.807) is 0 Å². The summed E-state index contributed by atoms with van der Waals surface area (Å²) in [5, 5.41) is 0. The number of hydrogen-bond donors (Lipinski definition) is 1. The van der Waals surface area contributed by atoms with Crippen LogP contribution in [0, 0.1) is 0 Å². The van der Waals surface area contributed by atoms with E-state index < -0.39 is 26.5 Å². The highest BCUT2D eigenvalue weighted by Crippen LogP contribution is 2.43. The number of quaternary nitrogens is 1. The second-order valence-corrected chi connectivity index (χ2v) is 16.5. The molecule has 0 amide bonds. The smallest absolute Gasteiger partial charge is 0.462 e. The summed E-state index contributed by atoms with van der Waals surface area (Å²) in [5.41, 5.74) is 0. The van der Waals surface area contributed by atoms with Crippen LogP contribution in [0.5, 0.6) is 0 Å². The number of phosphoric acid groups is 1. The molecule has 0 fully saturated rings. The summed E-state index contributed by atoms with van der Waals surface area (Å²) in [6.07, 6.45) is 35.2. The van der Waals surface area contributed by atoms with E-state index in [0.29, 0.717) is 17.4 Å². The number of esters is 2. The number of likely N-dealkylation sites (N-methyl/N-ethyl adjacent to an activating group) is 1. The molecule has 0 radical (unpaired) electrons. The number of hydrogen-bond acceptors (Lipinski definition) is 7. The third-order valence-electron chi connectivity index (χ3n) is 8.73.